The van der Waals surface area contributed by atoms with Crippen molar-refractivity contribution in [3.63, 3.8) is 0 Å². The van der Waals surface area contributed by atoms with Gasteiger partial charge in [-0.2, -0.15) is 0 Å². The molecule has 0 radical (unpaired) electrons. The molecule has 4 rings (SSSR count). The maximum absolute atomic E-state index is 12.8. The van der Waals surface area contributed by atoms with Gasteiger partial charge in [0.2, 0.25) is 0 Å². The number of nitrogens with zero attached hydrogens (tertiary/aromatic N) is 2. The van der Waals surface area contributed by atoms with Crippen molar-refractivity contribution in [2.75, 3.05) is 13.1 Å². The third-order valence-electron chi connectivity index (χ3n) is 5.69. The van der Waals surface area contributed by atoms with Crippen molar-refractivity contribution in [2.24, 2.45) is 5.92 Å². The number of nitrogens with one attached hydrogen (secondary N) is 1. The van der Waals surface area contributed by atoms with Crippen LogP contribution in [0.5, 0.6) is 0 Å². The average Bonchev–Trinajstić information content (AvgIpc) is 3.46. The molecule has 2 aromatic rings. The zero-order valence-corrected chi connectivity index (χ0v) is 16.7. The molecular weight excluding hydrogens is 374 g/mol. The summed E-state index contributed by atoms with van der Waals surface area (Å²) in [5, 5.41) is 13.6. The van der Waals surface area contributed by atoms with Crippen LogP contribution in [0.15, 0.2) is 30.5 Å². The lowest BCUT2D eigenvalue weighted by Gasteiger charge is -2.33. The summed E-state index contributed by atoms with van der Waals surface area (Å²) in [6.45, 7) is 3.31. The van der Waals surface area contributed by atoms with Crippen LogP contribution in [0.3, 0.4) is 0 Å². The van der Waals surface area contributed by atoms with E-state index in [4.69, 9.17) is 0 Å². The Kier molecular flexibility index (Phi) is 5.35. The van der Waals surface area contributed by atoms with Gasteiger partial charge in [0.25, 0.3) is 0 Å². The molecule has 2 aliphatic rings. The predicted molar refractivity (Wildman–Crippen MR) is 108 cm³/mol. The highest BCUT2D eigenvalue weighted by Crippen LogP contribution is 2.42. The van der Waals surface area contributed by atoms with E-state index in [0.717, 1.165) is 41.1 Å². The van der Waals surface area contributed by atoms with E-state index in [-0.39, 0.29) is 18.0 Å². The van der Waals surface area contributed by atoms with E-state index in [2.05, 4.69) is 10.3 Å². The number of benzene rings is 1. The molecule has 7 heteroatoms. The van der Waals surface area contributed by atoms with E-state index in [9.17, 15) is 14.7 Å². The number of carbonyl (C=O) groups is 2. The Morgan fingerprint density at radius 3 is 2.54 bits per heavy atom. The monoisotopic (exact) mass is 399 g/mol. The van der Waals surface area contributed by atoms with Gasteiger partial charge in [-0.15, -0.1) is 11.3 Å². The lowest BCUT2D eigenvalue weighted by Crippen LogP contribution is -2.45. The third kappa shape index (κ3) is 4.04. The number of carboxylic acid groups (broad SMARTS) is 1. The first-order valence-corrected chi connectivity index (χ1v) is 10.6. The quantitative estimate of drug-likeness (QED) is 0.790. The number of urea groups is 1. The summed E-state index contributed by atoms with van der Waals surface area (Å²) in [5.41, 5.74) is 1.25. The van der Waals surface area contributed by atoms with Gasteiger partial charge in [-0.25, -0.2) is 14.6 Å². The van der Waals surface area contributed by atoms with Gasteiger partial charge in [-0.3, -0.25) is 0 Å². The molecule has 1 saturated heterocycles. The molecule has 28 heavy (non-hydrogen) atoms. The van der Waals surface area contributed by atoms with Crippen molar-refractivity contribution in [1.82, 2.24) is 15.2 Å². The van der Waals surface area contributed by atoms with Crippen LogP contribution in [-0.2, 0) is 0 Å². The fourth-order valence-corrected chi connectivity index (χ4v) is 4.91. The molecule has 2 N–H and O–H groups in total. The third-order valence-corrected chi connectivity index (χ3v) is 6.69. The summed E-state index contributed by atoms with van der Waals surface area (Å²) < 4.78 is 0. The minimum Gasteiger partial charge on any atom is -0.478 e. The fraction of sp³-hybridized carbons (Fsp3) is 0.476. The Morgan fingerprint density at radius 2 is 1.93 bits per heavy atom. The molecule has 1 aliphatic carbocycles. The van der Waals surface area contributed by atoms with Crippen LogP contribution in [0.2, 0.25) is 0 Å². The van der Waals surface area contributed by atoms with E-state index in [1.165, 1.54) is 0 Å². The molecule has 1 atom stereocenters. The van der Waals surface area contributed by atoms with Crippen molar-refractivity contribution in [3.8, 4) is 0 Å². The second-order valence-electron chi connectivity index (χ2n) is 7.73. The van der Waals surface area contributed by atoms with Crippen LogP contribution in [0.4, 0.5) is 4.79 Å². The number of aromatic nitrogens is 1. The molecule has 2 amide bonds. The summed E-state index contributed by atoms with van der Waals surface area (Å²) in [4.78, 5) is 31.8. The first kappa shape index (κ1) is 18.9. The topological polar surface area (TPSA) is 82.5 Å². The molecule has 0 spiro atoms. The number of aryl methyl sites for hydroxylation is 1. The number of amides is 2. The first-order valence-electron chi connectivity index (χ1n) is 9.83. The normalized spacial score (nSPS) is 18.7. The standard InChI is InChI=1S/C21H25N3O3S/c1-13-12-22-19(28-13)18(15-6-7-15)23-21(27)24-10-8-14(9-11-24)16-4-2-3-5-17(16)20(25)26/h2-5,12,14-15,18H,6-11H2,1H3,(H,23,27)(H,25,26). The zero-order valence-electron chi connectivity index (χ0n) is 15.9. The number of likely N-dealkylation sites (tertiary alicyclic amines) is 1. The highest BCUT2D eigenvalue weighted by atomic mass is 32.1. The van der Waals surface area contributed by atoms with E-state index >= 15 is 0 Å². The molecule has 1 unspecified atom stereocenters. The van der Waals surface area contributed by atoms with Crippen LogP contribution >= 0.6 is 11.3 Å². The minimum absolute atomic E-state index is 0.0108. The largest absolute Gasteiger partial charge is 0.478 e. The van der Waals surface area contributed by atoms with E-state index in [1.54, 1.807) is 23.5 Å². The fourth-order valence-electron chi connectivity index (χ4n) is 3.99. The molecule has 148 valence electrons. The van der Waals surface area contributed by atoms with Crippen LogP contribution in [0, 0.1) is 12.8 Å². The summed E-state index contributed by atoms with van der Waals surface area (Å²) in [7, 11) is 0. The minimum atomic E-state index is -0.887. The van der Waals surface area contributed by atoms with Crippen molar-refractivity contribution in [2.45, 2.75) is 44.6 Å². The molecule has 6 nitrogen and oxygen atoms in total. The summed E-state index contributed by atoms with van der Waals surface area (Å²) >= 11 is 1.65. The van der Waals surface area contributed by atoms with E-state index in [1.807, 2.05) is 30.2 Å². The Hall–Kier alpha value is -2.41. The molecule has 2 heterocycles. The molecular formula is C21H25N3O3S. The zero-order chi connectivity index (χ0) is 19.7. The molecule has 0 bridgehead atoms. The average molecular weight is 400 g/mol. The molecule has 1 saturated carbocycles. The number of carbonyl (C=O) groups excluding carboxylic acids is 1. The number of hydrogen-bond donors (Lipinski definition) is 2. The predicted octanol–water partition coefficient (Wildman–Crippen LogP) is 4.19. The van der Waals surface area contributed by atoms with Crippen molar-refractivity contribution >= 4 is 23.3 Å². The Balaban J connectivity index is 1.38. The van der Waals surface area contributed by atoms with Gasteiger partial charge in [0.15, 0.2) is 0 Å². The molecule has 1 aromatic carbocycles. The molecule has 1 aromatic heterocycles. The number of carboxylic acids is 1. The lowest BCUT2D eigenvalue weighted by atomic mass is 9.86. The second kappa shape index (κ2) is 7.91. The van der Waals surface area contributed by atoms with Gasteiger partial charge in [0, 0.05) is 24.2 Å². The van der Waals surface area contributed by atoms with Gasteiger partial charge in [-0.1, -0.05) is 18.2 Å². The van der Waals surface area contributed by atoms with Crippen LogP contribution in [-0.4, -0.2) is 40.1 Å². The van der Waals surface area contributed by atoms with E-state index in [0.29, 0.717) is 24.6 Å². The highest BCUT2D eigenvalue weighted by molar-refractivity contribution is 7.11. The smallest absolute Gasteiger partial charge is 0.335 e. The first-order chi connectivity index (χ1) is 13.5. The SMILES string of the molecule is Cc1cnc(C(NC(=O)N2CCC(c3ccccc3C(=O)O)CC2)C2CC2)s1. The number of piperidine rings is 1. The van der Waals surface area contributed by atoms with Gasteiger partial charge in [0.05, 0.1) is 11.6 Å². The highest BCUT2D eigenvalue weighted by Gasteiger charge is 2.36. The molecule has 1 aliphatic heterocycles. The Morgan fingerprint density at radius 1 is 1.21 bits per heavy atom. The number of hydrogen-bond acceptors (Lipinski definition) is 4. The lowest BCUT2D eigenvalue weighted by molar-refractivity contribution is 0.0694. The van der Waals surface area contributed by atoms with Crippen molar-refractivity contribution in [1.29, 1.82) is 0 Å². The maximum atomic E-state index is 12.8. The second-order valence-corrected chi connectivity index (χ2v) is 8.99. The maximum Gasteiger partial charge on any atom is 0.335 e. The Bertz CT molecular complexity index is 869. The van der Waals surface area contributed by atoms with Crippen LogP contribution in [0.25, 0.3) is 0 Å². The van der Waals surface area contributed by atoms with E-state index < -0.39 is 5.97 Å². The van der Waals surface area contributed by atoms with Gasteiger partial charge in [-0.05, 0) is 56.1 Å². The van der Waals surface area contributed by atoms with Gasteiger partial charge >= 0.3 is 12.0 Å². The number of rotatable bonds is 5. The van der Waals surface area contributed by atoms with Gasteiger partial charge < -0.3 is 15.3 Å². The summed E-state index contributed by atoms with van der Waals surface area (Å²) in [5.74, 6) is -0.214. The Labute approximate surface area is 168 Å². The van der Waals surface area contributed by atoms with Crippen LogP contribution in [0.1, 0.15) is 63.4 Å². The molecule has 2 fully saturated rings. The van der Waals surface area contributed by atoms with Crippen molar-refractivity contribution in [3.05, 3.63) is 51.5 Å². The number of aromatic carboxylic acids is 1. The van der Waals surface area contributed by atoms with Crippen LogP contribution < -0.4 is 5.32 Å². The summed E-state index contributed by atoms with van der Waals surface area (Å²) in [6.07, 6.45) is 5.70. The van der Waals surface area contributed by atoms with Gasteiger partial charge in [0.1, 0.15) is 5.01 Å². The summed E-state index contributed by atoms with van der Waals surface area (Å²) in [6, 6.07) is 7.18. The number of thiazole rings is 1. The van der Waals surface area contributed by atoms with Crippen molar-refractivity contribution < 1.29 is 14.7 Å².